The summed E-state index contributed by atoms with van der Waals surface area (Å²) in [5.74, 6) is -0.586. The van der Waals surface area contributed by atoms with E-state index in [1.807, 2.05) is 0 Å². The van der Waals surface area contributed by atoms with Gasteiger partial charge in [0.15, 0.2) is 9.84 Å². The molecule has 174 valence electrons. The Balaban J connectivity index is 1.58. The maximum atomic E-state index is 12.9. The normalized spacial score (nSPS) is 19.6. The van der Waals surface area contributed by atoms with Crippen LogP contribution in [0.1, 0.15) is 37.7 Å². The Hall–Kier alpha value is -1.66. The Morgan fingerprint density at radius 1 is 1.00 bits per heavy atom. The molecule has 0 bridgehead atoms. The topological polar surface area (TPSA) is 91.8 Å². The van der Waals surface area contributed by atoms with Crippen molar-refractivity contribution in [1.82, 2.24) is 9.21 Å². The number of alkyl halides is 3. The quantitative estimate of drug-likeness (QED) is 0.621. The van der Waals surface area contributed by atoms with Crippen molar-refractivity contribution in [2.45, 2.75) is 48.4 Å². The highest BCUT2D eigenvalue weighted by Crippen LogP contribution is 2.31. The molecule has 1 saturated heterocycles. The summed E-state index contributed by atoms with van der Waals surface area (Å²) in [6.45, 7) is -0.0274. The maximum absolute atomic E-state index is 12.9. The van der Waals surface area contributed by atoms with Crippen molar-refractivity contribution in [2.24, 2.45) is 0 Å². The van der Waals surface area contributed by atoms with Crippen LogP contribution in [0.2, 0.25) is 0 Å². The van der Waals surface area contributed by atoms with Crippen LogP contribution in [0.4, 0.5) is 13.2 Å². The van der Waals surface area contributed by atoms with Crippen molar-refractivity contribution >= 4 is 25.8 Å². The van der Waals surface area contributed by atoms with Crippen LogP contribution in [0.25, 0.3) is 0 Å². The minimum absolute atomic E-state index is 0.0561. The summed E-state index contributed by atoms with van der Waals surface area (Å²) in [4.78, 5) is 13.4. The molecule has 1 aromatic rings. The molecule has 2 fully saturated rings. The molecule has 0 N–H and O–H groups in total. The molecule has 31 heavy (non-hydrogen) atoms. The van der Waals surface area contributed by atoms with Crippen molar-refractivity contribution in [3.05, 3.63) is 29.8 Å². The van der Waals surface area contributed by atoms with Crippen LogP contribution >= 0.6 is 0 Å². The lowest BCUT2D eigenvalue weighted by atomic mass is 10.2. The summed E-state index contributed by atoms with van der Waals surface area (Å²) in [5, 5.41) is -0.380. The van der Waals surface area contributed by atoms with Crippen LogP contribution in [0.15, 0.2) is 29.2 Å². The Labute approximate surface area is 180 Å². The Bertz CT molecular complexity index is 1010. The van der Waals surface area contributed by atoms with E-state index < -0.39 is 36.5 Å². The second kappa shape index (κ2) is 9.07. The first-order valence-corrected chi connectivity index (χ1v) is 13.2. The second-order valence-corrected chi connectivity index (χ2v) is 12.2. The monoisotopic (exact) mass is 482 g/mol. The Kier molecular flexibility index (Phi) is 7.02. The van der Waals surface area contributed by atoms with Crippen molar-refractivity contribution in [3.8, 4) is 0 Å². The van der Waals surface area contributed by atoms with E-state index in [0.717, 1.165) is 35.3 Å². The molecule has 0 aromatic heterocycles. The fourth-order valence-electron chi connectivity index (χ4n) is 3.96. The molecular formula is C19H25F3N2O5S2. The van der Waals surface area contributed by atoms with Gasteiger partial charge in [-0.25, -0.2) is 16.8 Å². The number of sulfone groups is 1. The fraction of sp³-hybridized carbons (Fsp3) is 0.632. The summed E-state index contributed by atoms with van der Waals surface area (Å²) < 4.78 is 89.8. The van der Waals surface area contributed by atoms with Gasteiger partial charge in [-0.3, -0.25) is 4.79 Å². The largest absolute Gasteiger partial charge is 0.416 e. The zero-order chi connectivity index (χ0) is 22.9. The average molecular weight is 483 g/mol. The summed E-state index contributed by atoms with van der Waals surface area (Å²) in [6, 6.07) is 3.55. The Morgan fingerprint density at radius 3 is 2.19 bits per heavy atom. The van der Waals surface area contributed by atoms with Gasteiger partial charge in [0.25, 0.3) is 0 Å². The van der Waals surface area contributed by atoms with Crippen LogP contribution in [-0.4, -0.2) is 69.1 Å². The number of nitrogens with zero attached hydrogens (tertiary/aromatic N) is 2. The van der Waals surface area contributed by atoms with E-state index in [1.54, 1.807) is 0 Å². The summed E-state index contributed by atoms with van der Waals surface area (Å²) in [5.41, 5.74) is -1.05. The summed E-state index contributed by atoms with van der Waals surface area (Å²) in [6.07, 6.45) is -1.81. The molecule has 1 aliphatic heterocycles. The van der Waals surface area contributed by atoms with Gasteiger partial charge < -0.3 is 4.90 Å². The number of carbonyl (C=O) groups excluding carboxylic acids is 1. The number of carbonyl (C=O) groups is 1. The van der Waals surface area contributed by atoms with Crippen LogP contribution in [0, 0.1) is 0 Å². The summed E-state index contributed by atoms with van der Waals surface area (Å²) >= 11 is 0. The lowest BCUT2D eigenvalue weighted by Crippen LogP contribution is -2.50. The van der Waals surface area contributed by atoms with Gasteiger partial charge in [0.05, 0.1) is 21.5 Å². The molecule has 1 aliphatic carbocycles. The number of halogens is 3. The first kappa shape index (κ1) is 24.0. The standard InChI is InChI=1S/C19H25F3N2O5S2/c20-19(21,22)15-4-3-7-17(14-15)31(28,29)24-11-9-23(10-12-24)18(25)8-13-30(26,27)16-5-1-2-6-16/h3-4,7,14,16H,1-2,5-6,8-13H2. The molecule has 7 nitrogen and oxygen atoms in total. The molecule has 0 unspecified atom stereocenters. The molecule has 3 rings (SSSR count). The van der Waals surface area contributed by atoms with E-state index in [0.29, 0.717) is 18.9 Å². The predicted octanol–water partition coefficient (Wildman–Crippen LogP) is 2.29. The highest BCUT2D eigenvalue weighted by molar-refractivity contribution is 7.92. The number of hydrogen-bond donors (Lipinski definition) is 0. The SMILES string of the molecule is O=C(CCS(=O)(=O)C1CCCC1)N1CCN(S(=O)(=O)c2cccc(C(F)(F)F)c2)CC1. The number of rotatable bonds is 6. The zero-order valence-electron chi connectivity index (χ0n) is 16.8. The lowest BCUT2D eigenvalue weighted by Gasteiger charge is -2.34. The van der Waals surface area contributed by atoms with E-state index in [2.05, 4.69) is 0 Å². The predicted molar refractivity (Wildman–Crippen MR) is 107 cm³/mol. The van der Waals surface area contributed by atoms with Crippen molar-refractivity contribution in [1.29, 1.82) is 0 Å². The minimum atomic E-state index is -4.66. The molecule has 2 aliphatic rings. The van der Waals surface area contributed by atoms with Crippen LogP contribution in [-0.2, 0) is 30.8 Å². The molecule has 0 radical (unpaired) electrons. The zero-order valence-corrected chi connectivity index (χ0v) is 18.5. The fourth-order valence-corrected chi connectivity index (χ4v) is 7.27. The molecule has 1 amide bonds. The van der Waals surface area contributed by atoms with Crippen molar-refractivity contribution in [3.63, 3.8) is 0 Å². The lowest BCUT2D eigenvalue weighted by molar-refractivity contribution is -0.137. The van der Waals surface area contributed by atoms with Crippen LogP contribution in [0.3, 0.4) is 0 Å². The molecule has 1 aromatic carbocycles. The minimum Gasteiger partial charge on any atom is -0.340 e. The van der Waals surface area contributed by atoms with E-state index in [-0.39, 0.29) is 49.5 Å². The van der Waals surface area contributed by atoms with Gasteiger partial charge in [-0.1, -0.05) is 18.9 Å². The molecule has 1 heterocycles. The molecule has 0 atom stereocenters. The van der Waals surface area contributed by atoms with Gasteiger partial charge in [-0.2, -0.15) is 17.5 Å². The summed E-state index contributed by atoms with van der Waals surface area (Å²) in [7, 11) is -7.47. The molecule has 1 saturated carbocycles. The third-order valence-electron chi connectivity index (χ3n) is 5.80. The third-order valence-corrected chi connectivity index (χ3v) is 9.96. The second-order valence-electron chi connectivity index (χ2n) is 7.83. The number of piperazine rings is 1. The molecule has 0 spiro atoms. The first-order valence-electron chi connectivity index (χ1n) is 10.1. The van der Waals surface area contributed by atoms with Gasteiger partial charge in [0, 0.05) is 32.6 Å². The van der Waals surface area contributed by atoms with E-state index in [9.17, 15) is 34.8 Å². The highest BCUT2D eigenvalue weighted by Gasteiger charge is 2.35. The van der Waals surface area contributed by atoms with E-state index in [1.165, 1.54) is 4.90 Å². The molecule has 12 heteroatoms. The van der Waals surface area contributed by atoms with Gasteiger partial charge >= 0.3 is 6.18 Å². The van der Waals surface area contributed by atoms with Gasteiger partial charge in [0.1, 0.15) is 0 Å². The number of hydrogen-bond acceptors (Lipinski definition) is 5. The third kappa shape index (κ3) is 5.58. The van der Waals surface area contributed by atoms with E-state index in [4.69, 9.17) is 0 Å². The van der Waals surface area contributed by atoms with Gasteiger partial charge in [0.2, 0.25) is 15.9 Å². The highest BCUT2D eigenvalue weighted by atomic mass is 32.2. The number of sulfonamides is 1. The van der Waals surface area contributed by atoms with Crippen LogP contribution < -0.4 is 0 Å². The number of amides is 1. The smallest absolute Gasteiger partial charge is 0.340 e. The van der Waals surface area contributed by atoms with Crippen LogP contribution in [0.5, 0.6) is 0 Å². The van der Waals surface area contributed by atoms with Crippen molar-refractivity contribution < 1.29 is 34.8 Å². The van der Waals surface area contributed by atoms with Gasteiger partial charge in [-0.15, -0.1) is 0 Å². The number of benzene rings is 1. The average Bonchev–Trinajstić information content (AvgIpc) is 3.28. The Morgan fingerprint density at radius 2 is 1.61 bits per heavy atom. The first-order chi connectivity index (χ1) is 14.4. The van der Waals surface area contributed by atoms with E-state index >= 15 is 0 Å². The van der Waals surface area contributed by atoms with Crippen molar-refractivity contribution in [2.75, 3.05) is 31.9 Å². The van der Waals surface area contributed by atoms with Gasteiger partial charge in [-0.05, 0) is 31.0 Å². The molecular weight excluding hydrogens is 457 g/mol. The maximum Gasteiger partial charge on any atom is 0.416 e.